The molecule has 1 N–H and O–H groups in total. The molecule has 5 heteroatoms. The molecule has 0 aromatic heterocycles. The second-order valence-corrected chi connectivity index (χ2v) is 5.81. The molecule has 88 valence electrons. The Balaban J connectivity index is 2.13. The lowest BCUT2D eigenvalue weighted by atomic mass is 10.1. The van der Waals surface area contributed by atoms with E-state index < -0.39 is 0 Å². The highest BCUT2D eigenvalue weighted by atomic mass is 79.9. The number of carbonyl (C=O) groups excluding carboxylic acids is 1. The molecule has 17 heavy (non-hydrogen) atoms. The van der Waals surface area contributed by atoms with Crippen molar-refractivity contribution in [3.05, 3.63) is 32.7 Å². The van der Waals surface area contributed by atoms with Crippen molar-refractivity contribution >= 4 is 37.8 Å². The van der Waals surface area contributed by atoms with Gasteiger partial charge in [-0.3, -0.25) is 4.79 Å². The maximum absolute atomic E-state index is 12.0. The Hall–Kier alpha value is -0.860. The van der Waals surface area contributed by atoms with Gasteiger partial charge in [-0.05, 0) is 52.9 Å². The van der Waals surface area contributed by atoms with Crippen molar-refractivity contribution in [1.29, 1.82) is 5.26 Å². The van der Waals surface area contributed by atoms with Crippen molar-refractivity contribution < 1.29 is 4.79 Å². The first kappa shape index (κ1) is 12.6. The van der Waals surface area contributed by atoms with Gasteiger partial charge in [0.2, 0.25) is 0 Å². The molecule has 1 fully saturated rings. The van der Waals surface area contributed by atoms with Crippen molar-refractivity contribution in [2.45, 2.75) is 18.9 Å². The van der Waals surface area contributed by atoms with Crippen LogP contribution in [0.1, 0.15) is 23.2 Å². The van der Waals surface area contributed by atoms with E-state index >= 15 is 0 Å². The third kappa shape index (κ3) is 3.08. The number of hydrogen-bond acceptors (Lipinski definition) is 2. The van der Waals surface area contributed by atoms with Gasteiger partial charge in [0.1, 0.15) is 6.04 Å². The summed E-state index contributed by atoms with van der Waals surface area (Å²) in [6.07, 6.45) is 2.05. The van der Waals surface area contributed by atoms with Crippen LogP contribution >= 0.6 is 31.9 Å². The summed E-state index contributed by atoms with van der Waals surface area (Å²) in [6, 6.07) is 7.16. The molecular formula is C12H10Br2N2O. The lowest BCUT2D eigenvalue weighted by Crippen LogP contribution is -2.35. The third-order valence-corrected chi connectivity index (χ3v) is 3.88. The standard InChI is InChI=1S/C12H10Br2N2O/c13-8-3-4-10(14)9(5-8)12(17)16-11(6-15)7-1-2-7/h3-5,7,11H,1-2H2,(H,16,17). The normalized spacial score (nSPS) is 16.1. The summed E-state index contributed by atoms with van der Waals surface area (Å²) in [7, 11) is 0. The lowest BCUT2D eigenvalue weighted by Gasteiger charge is -2.11. The number of rotatable bonds is 3. The summed E-state index contributed by atoms with van der Waals surface area (Å²) in [5.41, 5.74) is 0.542. The Morgan fingerprint density at radius 3 is 2.76 bits per heavy atom. The van der Waals surface area contributed by atoms with Crippen LogP contribution in [0, 0.1) is 17.2 Å². The van der Waals surface area contributed by atoms with Gasteiger partial charge in [-0.15, -0.1) is 0 Å². The first-order valence-corrected chi connectivity index (χ1v) is 6.86. The summed E-state index contributed by atoms with van der Waals surface area (Å²) in [4.78, 5) is 12.0. The Labute approximate surface area is 116 Å². The van der Waals surface area contributed by atoms with Crippen LogP contribution in [-0.2, 0) is 0 Å². The quantitative estimate of drug-likeness (QED) is 0.902. The van der Waals surface area contributed by atoms with E-state index in [0.717, 1.165) is 21.8 Å². The van der Waals surface area contributed by atoms with Gasteiger partial charge in [0, 0.05) is 8.95 Å². The third-order valence-electron chi connectivity index (χ3n) is 2.69. The Kier molecular flexibility index (Phi) is 3.85. The van der Waals surface area contributed by atoms with E-state index in [9.17, 15) is 4.79 Å². The number of benzene rings is 1. The molecular weight excluding hydrogens is 348 g/mol. The highest BCUT2D eigenvalue weighted by Gasteiger charge is 2.32. The van der Waals surface area contributed by atoms with Gasteiger partial charge in [-0.25, -0.2) is 0 Å². The molecule has 0 spiro atoms. The molecule has 1 saturated carbocycles. The maximum atomic E-state index is 12.0. The number of nitriles is 1. The van der Waals surface area contributed by atoms with Crippen LogP contribution in [0.2, 0.25) is 0 Å². The minimum atomic E-state index is -0.367. The van der Waals surface area contributed by atoms with E-state index in [4.69, 9.17) is 5.26 Å². The first-order chi connectivity index (χ1) is 8.11. The van der Waals surface area contributed by atoms with Crippen LogP contribution in [0.5, 0.6) is 0 Å². The van der Waals surface area contributed by atoms with Crippen LogP contribution in [0.15, 0.2) is 27.1 Å². The van der Waals surface area contributed by atoms with Crippen molar-refractivity contribution in [2.24, 2.45) is 5.92 Å². The molecule has 1 aliphatic rings. The molecule has 1 amide bonds. The first-order valence-electron chi connectivity index (χ1n) is 5.27. The number of hydrogen-bond donors (Lipinski definition) is 1. The second-order valence-electron chi connectivity index (χ2n) is 4.04. The van der Waals surface area contributed by atoms with Crippen LogP contribution in [0.4, 0.5) is 0 Å². The van der Waals surface area contributed by atoms with E-state index in [1.165, 1.54) is 0 Å². The van der Waals surface area contributed by atoms with Gasteiger partial charge in [-0.2, -0.15) is 5.26 Å². The van der Waals surface area contributed by atoms with Gasteiger partial charge >= 0.3 is 0 Å². The Bertz CT molecular complexity index is 492. The number of amides is 1. The van der Waals surface area contributed by atoms with Crippen molar-refractivity contribution in [3.63, 3.8) is 0 Å². The van der Waals surface area contributed by atoms with Crippen LogP contribution in [0.25, 0.3) is 0 Å². The van der Waals surface area contributed by atoms with Gasteiger partial charge < -0.3 is 5.32 Å². The summed E-state index contributed by atoms with van der Waals surface area (Å²) in [5.74, 6) is 0.117. The van der Waals surface area contributed by atoms with Crippen LogP contribution in [0.3, 0.4) is 0 Å². The molecule has 1 unspecified atom stereocenters. The van der Waals surface area contributed by atoms with E-state index in [1.807, 2.05) is 6.07 Å². The fraction of sp³-hybridized carbons (Fsp3) is 0.333. The van der Waals surface area contributed by atoms with Crippen molar-refractivity contribution in [1.82, 2.24) is 5.32 Å². The predicted molar refractivity (Wildman–Crippen MR) is 71.4 cm³/mol. The van der Waals surface area contributed by atoms with E-state index in [2.05, 4.69) is 43.2 Å². The molecule has 3 nitrogen and oxygen atoms in total. The minimum Gasteiger partial charge on any atom is -0.336 e. The fourth-order valence-corrected chi connectivity index (χ4v) is 2.36. The lowest BCUT2D eigenvalue weighted by molar-refractivity contribution is 0.0941. The number of nitrogens with zero attached hydrogens (tertiary/aromatic N) is 1. The summed E-state index contributed by atoms with van der Waals surface area (Å²) in [6.45, 7) is 0. The molecule has 1 atom stereocenters. The zero-order valence-electron chi connectivity index (χ0n) is 8.91. The van der Waals surface area contributed by atoms with E-state index in [-0.39, 0.29) is 11.9 Å². The molecule has 0 aliphatic heterocycles. The van der Waals surface area contributed by atoms with Gasteiger partial charge in [0.25, 0.3) is 5.91 Å². The van der Waals surface area contributed by atoms with Crippen molar-refractivity contribution in [3.8, 4) is 6.07 Å². The zero-order chi connectivity index (χ0) is 12.4. The van der Waals surface area contributed by atoms with Crippen LogP contribution in [-0.4, -0.2) is 11.9 Å². The molecule has 2 rings (SSSR count). The summed E-state index contributed by atoms with van der Waals surface area (Å²) >= 11 is 6.65. The Morgan fingerprint density at radius 2 is 2.18 bits per heavy atom. The average Bonchev–Trinajstić information content (AvgIpc) is 3.13. The molecule has 1 aromatic carbocycles. The van der Waals surface area contributed by atoms with Gasteiger partial charge in [0.05, 0.1) is 11.6 Å². The number of nitrogens with one attached hydrogen (secondary N) is 1. The van der Waals surface area contributed by atoms with Crippen LogP contribution < -0.4 is 5.32 Å². The molecule has 1 aliphatic carbocycles. The smallest absolute Gasteiger partial charge is 0.253 e. The number of carbonyl (C=O) groups is 1. The summed E-state index contributed by atoms with van der Waals surface area (Å²) in [5, 5.41) is 11.7. The molecule has 1 aromatic rings. The minimum absolute atomic E-state index is 0.211. The topological polar surface area (TPSA) is 52.9 Å². The highest BCUT2D eigenvalue weighted by molar-refractivity contribution is 9.11. The zero-order valence-corrected chi connectivity index (χ0v) is 12.1. The van der Waals surface area contributed by atoms with Gasteiger partial charge in [-0.1, -0.05) is 15.9 Å². The average molecular weight is 358 g/mol. The fourth-order valence-electron chi connectivity index (χ4n) is 1.58. The molecule has 0 radical (unpaired) electrons. The molecule has 0 bridgehead atoms. The van der Waals surface area contributed by atoms with E-state index in [1.54, 1.807) is 12.1 Å². The second kappa shape index (κ2) is 5.19. The summed E-state index contributed by atoms with van der Waals surface area (Å²) < 4.78 is 1.57. The monoisotopic (exact) mass is 356 g/mol. The van der Waals surface area contributed by atoms with Gasteiger partial charge in [0.15, 0.2) is 0 Å². The molecule has 0 heterocycles. The highest BCUT2D eigenvalue weighted by Crippen LogP contribution is 2.32. The van der Waals surface area contributed by atoms with E-state index in [0.29, 0.717) is 11.5 Å². The number of halogens is 2. The Morgan fingerprint density at radius 1 is 1.47 bits per heavy atom. The molecule has 0 saturated heterocycles. The van der Waals surface area contributed by atoms with Crippen molar-refractivity contribution in [2.75, 3.05) is 0 Å². The predicted octanol–water partition coefficient (Wildman–Crippen LogP) is 3.24. The largest absolute Gasteiger partial charge is 0.336 e. The maximum Gasteiger partial charge on any atom is 0.253 e. The SMILES string of the molecule is N#CC(NC(=O)c1cc(Br)ccc1Br)C1CC1.